The predicted molar refractivity (Wildman–Crippen MR) is 66.3 cm³/mol. The average Bonchev–Trinajstić information content (AvgIpc) is 2.57. The number of nitrogens with one attached hydrogen (secondary N) is 1. The third-order valence-corrected chi connectivity index (χ3v) is 3.27. The summed E-state index contributed by atoms with van der Waals surface area (Å²) in [5, 5.41) is 3.45. The first-order valence-corrected chi connectivity index (χ1v) is 6.32. The van der Waals surface area contributed by atoms with Crippen molar-refractivity contribution in [2.24, 2.45) is 0 Å². The van der Waals surface area contributed by atoms with Crippen molar-refractivity contribution in [1.29, 1.82) is 0 Å². The Labute approximate surface area is 96.5 Å². The molecule has 0 radical (unpaired) electrons. The first kappa shape index (κ1) is 12.6. The summed E-state index contributed by atoms with van der Waals surface area (Å²) in [4.78, 5) is 7.82. The third-order valence-electron chi connectivity index (χ3n) is 2.34. The molecule has 3 nitrogen and oxygen atoms in total. The van der Waals surface area contributed by atoms with E-state index >= 15 is 0 Å². The van der Waals surface area contributed by atoms with Gasteiger partial charge in [-0.15, -0.1) is 11.3 Å². The van der Waals surface area contributed by atoms with Gasteiger partial charge < -0.3 is 10.2 Å². The molecule has 0 atom stereocenters. The lowest BCUT2D eigenvalue weighted by molar-refractivity contribution is 0.392. The first-order chi connectivity index (χ1) is 7.20. The molecule has 0 aliphatic heterocycles. The second-order valence-corrected chi connectivity index (χ2v) is 4.99. The van der Waals surface area contributed by atoms with Crippen LogP contribution in [0.5, 0.6) is 0 Å². The van der Waals surface area contributed by atoms with Gasteiger partial charge in [0.25, 0.3) is 0 Å². The zero-order valence-electron chi connectivity index (χ0n) is 9.92. The summed E-state index contributed by atoms with van der Waals surface area (Å²) in [7, 11) is 4.24. The van der Waals surface area contributed by atoms with Crippen molar-refractivity contribution in [3.05, 3.63) is 16.1 Å². The van der Waals surface area contributed by atoms with Crippen LogP contribution in [0.25, 0.3) is 0 Å². The summed E-state index contributed by atoms with van der Waals surface area (Å²) >= 11 is 1.74. The minimum Gasteiger partial charge on any atom is -0.312 e. The highest BCUT2D eigenvalue weighted by Crippen LogP contribution is 2.10. The molecule has 0 aromatic carbocycles. The standard InChI is InChI=1S/C11H21N3S/c1-10-11(15-9-13-10)8-12-6-4-5-7-14(2)3/h9,12H,4-8H2,1-3H3. The van der Waals surface area contributed by atoms with Crippen molar-refractivity contribution >= 4 is 11.3 Å². The highest BCUT2D eigenvalue weighted by Gasteiger charge is 1.99. The summed E-state index contributed by atoms with van der Waals surface area (Å²) in [6.07, 6.45) is 2.51. The Balaban J connectivity index is 2.00. The van der Waals surface area contributed by atoms with Crippen LogP contribution in [0, 0.1) is 6.92 Å². The fourth-order valence-electron chi connectivity index (χ4n) is 1.38. The monoisotopic (exact) mass is 227 g/mol. The number of thiazole rings is 1. The molecule has 1 aromatic heterocycles. The van der Waals surface area contributed by atoms with E-state index in [1.807, 2.05) is 5.51 Å². The van der Waals surface area contributed by atoms with Crippen LogP contribution in [0.2, 0.25) is 0 Å². The number of hydrogen-bond acceptors (Lipinski definition) is 4. The largest absolute Gasteiger partial charge is 0.312 e. The van der Waals surface area contributed by atoms with Crippen molar-refractivity contribution in [2.75, 3.05) is 27.2 Å². The van der Waals surface area contributed by atoms with Crippen molar-refractivity contribution in [3.8, 4) is 0 Å². The quantitative estimate of drug-likeness (QED) is 0.721. The topological polar surface area (TPSA) is 28.2 Å². The van der Waals surface area contributed by atoms with Crippen LogP contribution in [-0.2, 0) is 6.54 Å². The van der Waals surface area contributed by atoms with E-state index in [1.165, 1.54) is 30.0 Å². The molecule has 0 saturated carbocycles. The fraction of sp³-hybridized carbons (Fsp3) is 0.727. The second kappa shape index (κ2) is 6.93. The maximum absolute atomic E-state index is 4.23. The highest BCUT2D eigenvalue weighted by molar-refractivity contribution is 7.09. The Bertz CT molecular complexity index is 271. The van der Waals surface area contributed by atoms with Crippen LogP contribution < -0.4 is 5.32 Å². The number of aromatic nitrogens is 1. The number of rotatable bonds is 7. The Morgan fingerprint density at radius 2 is 2.20 bits per heavy atom. The van der Waals surface area contributed by atoms with Crippen LogP contribution in [-0.4, -0.2) is 37.1 Å². The molecule has 0 unspecified atom stereocenters. The molecule has 0 aliphatic rings. The fourth-order valence-corrected chi connectivity index (χ4v) is 2.12. The van der Waals surface area contributed by atoms with Crippen LogP contribution >= 0.6 is 11.3 Å². The minimum atomic E-state index is 0.971. The lowest BCUT2D eigenvalue weighted by Gasteiger charge is -2.09. The zero-order valence-corrected chi connectivity index (χ0v) is 10.7. The summed E-state index contributed by atoms with van der Waals surface area (Å²) in [5.74, 6) is 0. The molecule has 1 N–H and O–H groups in total. The number of nitrogens with zero attached hydrogens (tertiary/aromatic N) is 2. The van der Waals surface area contributed by atoms with Crippen molar-refractivity contribution < 1.29 is 0 Å². The van der Waals surface area contributed by atoms with Gasteiger partial charge in [-0.1, -0.05) is 0 Å². The van der Waals surface area contributed by atoms with E-state index in [-0.39, 0.29) is 0 Å². The SMILES string of the molecule is Cc1ncsc1CNCCCCN(C)C. The van der Waals surface area contributed by atoms with E-state index in [9.17, 15) is 0 Å². The van der Waals surface area contributed by atoms with E-state index in [0.717, 1.165) is 13.1 Å². The van der Waals surface area contributed by atoms with Gasteiger partial charge in [0.05, 0.1) is 11.2 Å². The number of unbranched alkanes of at least 4 members (excludes halogenated alkanes) is 1. The molecular formula is C11H21N3S. The van der Waals surface area contributed by atoms with Crippen LogP contribution in [0.4, 0.5) is 0 Å². The van der Waals surface area contributed by atoms with E-state index in [2.05, 4.69) is 36.2 Å². The van der Waals surface area contributed by atoms with Gasteiger partial charge in [0.2, 0.25) is 0 Å². The van der Waals surface area contributed by atoms with E-state index in [0.29, 0.717) is 0 Å². The van der Waals surface area contributed by atoms with Crippen LogP contribution in [0.3, 0.4) is 0 Å². The Morgan fingerprint density at radius 3 is 2.80 bits per heavy atom. The second-order valence-electron chi connectivity index (χ2n) is 4.05. The molecule has 0 fully saturated rings. The number of aryl methyl sites for hydroxylation is 1. The molecule has 1 heterocycles. The van der Waals surface area contributed by atoms with Gasteiger partial charge in [0.1, 0.15) is 0 Å². The van der Waals surface area contributed by atoms with Gasteiger partial charge in [0.15, 0.2) is 0 Å². The predicted octanol–water partition coefficient (Wildman–Crippen LogP) is 1.88. The summed E-state index contributed by atoms with van der Waals surface area (Å²) in [5.41, 5.74) is 3.08. The molecule has 86 valence electrons. The van der Waals surface area contributed by atoms with E-state index < -0.39 is 0 Å². The van der Waals surface area contributed by atoms with Crippen LogP contribution in [0.1, 0.15) is 23.4 Å². The molecule has 0 amide bonds. The Kier molecular flexibility index (Phi) is 5.83. The smallest absolute Gasteiger partial charge is 0.0798 e. The van der Waals surface area contributed by atoms with Gasteiger partial charge in [-0.05, 0) is 47.0 Å². The Hall–Kier alpha value is -0.450. The normalized spacial score (nSPS) is 11.2. The van der Waals surface area contributed by atoms with Crippen LogP contribution in [0.15, 0.2) is 5.51 Å². The zero-order chi connectivity index (χ0) is 11.1. The molecule has 0 bridgehead atoms. The first-order valence-electron chi connectivity index (χ1n) is 5.44. The minimum absolute atomic E-state index is 0.971. The third kappa shape index (κ3) is 5.25. The van der Waals surface area contributed by atoms with Crippen molar-refractivity contribution in [2.45, 2.75) is 26.3 Å². The molecule has 0 spiro atoms. The van der Waals surface area contributed by atoms with Gasteiger partial charge in [0, 0.05) is 11.4 Å². The van der Waals surface area contributed by atoms with E-state index in [4.69, 9.17) is 0 Å². The van der Waals surface area contributed by atoms with Gasteiger partial charge in [-0.3, -0.25) is 0 Å². The molecule has 15 heavy (non-hydrogen) atoms. The Morgan fingerprint density at radius 1 is 1.40 bits per heavy atom. The molecule has 0 aliphatic carbocycles. The number of hydrogen-bond donors (Lipinski definition) is 1. The lowest BCUT2D eigenvalue weighted by atomic mass is 10.3. The summed E-state index contributed by atoms with van der Waals surface area (Å²) < 4.78 is 0. The van der Waals surface area contributed by atoms with Gasteiger partial charge in [-0.25, -0.2) is 4.98 Å². The maximum atomic E-state index is 4.23. The lowest BCUT2D eigenvalue weighted by Crippen LogP contribution is -2.18. The van der Waals surface area contributed by atoms with Crippen molar-refractivity contribution in [1.82, 2.24) is 15.2 Å². The molecule has 1 rings (SSSR count). The maximum Gasteiger partial charge on any atom is 0.0798 e. The van der Waals surface area contributed by atoms with Crippen molar-refractivity contribution in [3.63, 3.8) is 0 Å². The average molecular weight is 227 g/mol. The highest BCUT2D eigenvalue weighted by atomic mass is 32.1. The molecule has 0 saturated heterocycles. The molecule has 1 aromatic rings. The van der Waals surface area contributed by atoms with Gasteiger partial charge in [-0.2, -0.15) is 0 Å². The van der Waals surface area contributed by atoms with Gasteiger partial charge >= 0.3 is 0 Å². The molecule has 4 heteroatoms. The molecular weight excluding hydrogens is 206 g/mol. The summed E-state index contributed by atoms with van der Waals surface area (Å²) in [6, 6.07) is 0. The summed E-state index contributed by atoms with van der Waals surface area (Å²) in [6.45, 7) is 5.32. The van der Waals surface area contributed by atoms with E-state index in [1.54, 1.807) is 11.3 Å².